The Balaban J connectivity index is 2.05. The summed E-state index contributed by atoms with van der Waals surface area (Å²) in [6.45, 7) is 0. The minimum atomic E-state index is 0.351. The standard InChI is InChI=1S/C14H14Cl2N2O/c15-9-5-2-6-10(16)12(9)13-11(19-18-14(13)17)7-8-3-1-4-8/h2,5-6,8H,1,3-4,7H2,(H2,17,18). The van der Waals surface area contributed by atoms with E-state index in [4.69, 9.17) is 33.5 Å². The van der Waals surface area contributed by atoms with Crippen molar-refractivity contribution in [3.63, 3.8) is 0 Å². The van der Waals surface area contributed by atoms with Gasteiger partial charge >= 0.3 is 0 Å². The molecule has 2 N–H and O–H groups in total. The molecule has 1 aromatic carbocycles. The maximum absolute atomic E-state index is 6.24. The molecule has 5 heteroatoms. The van der Waals surface area contributed by atoms with Crippen molar-refractivity contribution < 1.29 is 4.52 Å². The molecule has 0 spiro atoms. The molecule has 1 aliphatic carbocycles. The molecule has 3 nitrogen and oxygen atoms in total. The van der Waals surface area contributed by atoms with E-state index in [1.165, 1.54) is 19.3 Å². The van der Waals surface area contributed by atoms with Gasteiger partial charge in [-0.1, -0.05) is 53.7 Å². The number of hydrogen-bond donors (Lipinski definition) is 1. The molecule has 0 atom stereocenters. The van der Waals surface area contributed by atoms with Gasteiger partial charge < -0.3 is 10.3 Å². The molecule has 1 fully saturated rings. The molecule has 2 aromatic rings. The highest BCUT2D eigenvalue weighted by Crippen LogP contribution is 2.41. The van der Waals surface area contributed by atoms with Crippen molar-refractivity contribution in [2.75, 3.05) is 5.73 Å². The minimum Gasteiger partial charge on any atom is -0.380 e. The van der Waals surface area contributed by atoms with Crippen LogP contribution in [0.4, 0.5) is 5.82 Å². The second-order valence-corrected chi connectivity index (χ2v) is 5.78. The number of anilines is 1. The fourth-order valence-corrected chi connectivity index (χ4v) is 3.03. The molecule has 0 unspecified atom stereocenters. The lowest BCUT2D eigenvalue weighted by Crippen LogP contribution is -2.13. The zero-order chi connectivity index (χ0) is 13.4. The summed E-state index contributed by atoms with van der Waals surface area (Å²) in [6, 6.07) is 5.40. The van der Waals surface area contributed by atoms with Crippen LogP contribution in [0, 0.1) is 5.92 Å². The largest absolute Gasteiger partial charge is 0.380 e. The van der Waals surface area contributed by atoms with Crippen molar-refractivity contribution in [3.8, 4) is 11.1 Å². The van der Waals surface area contributed by atoms with Gasteiger partial charge in [0.25, 0.3) is 0 Å². The summed E-state index contributed by atoms with van der Waals surface area (Å²) >= 11 is 12.5. The second kappa shape index (κ2) is 5.06. The molecular weight excluding hydrogens is 283 g/mol. The number of nitrogen functional groups attached to an aromatic ring is 1. The second-order valence-electron chi connectivity index (χ2n) is 4.96. The Morgan fingerprint density at radius 3 is 2.47 bits per heavy atom. The zero-order valence-electron chi connectivity index (χ0n) is 10.3. The fourth-order valence-electron chi connectivity index (χ4n) is 2.44. The van der Waals surface area contributed by atoms with Gasteiger partial charge in [0.2, 0.25) is 0 Å². The van der Waals surface area contributed by atoms with Gasteiger partial charge in [0.1, 0.15) is 5.76 Å². The average Bonchev–Trinajstić information content (AvgIpc) is 2.66. The van der Waals surface area contributed by atoms with Crippen LogP contribution in [0.5, 0.6) is 0 Å². The quantitative estimate of drug-likeness (QED) is 0.902. The van der Waals surface area contributed by atoms with Gasteiger partial charge in [0.05, 0.1) is 15.6 Å². The third-order valence-electron chi connectivity index (χ3n) is 3.70. The summed E-state index contributed by atoms with van der Waals surface area (Å²) in [6.07, 6.45) is 4.60. The van der Waals surface area contributed by atoms with Crippen LogP contribution in [0.2, 0.25) is 10.0 Å². The predicted octanol–water partition coefficient (Wildman–Crippen LogP) is 4.57. The molecule has 0 saturated heterocycles. The van der Waals surface area contributed by atoms with Crippen molar-refractivity contribution in [1.82, 2.24) is 5.16 Å². The SMILES string of the molecule is Nc1noc(CC2CCC2)c1-c1c(Cl)cccc1Cl. The van der Waals surface area contributed by atoms with E-state index < -0.39 is 0 Å². The third kappa shape index (κ3) is 2.33. The van der Waals surface area contributed by atoms with E-state index in [0.717, 1.165) is 23.3 Å². The summed E-state index contributed by atoms with van der Waals surface area (Å²) in [5.41, 5.74) is 7.40. The van der Waals surface area contributed by atoms with Crippen LogP contribution in [-0.2, 0) is 6.42 Å². The molecule has 1 aromatic heterocycles. The molecule has 100 valence electrons. The van der Waals surface area contributed by atoms with Crippen LogP contribution in [0.25, 0.3) is 11.1 Å². The maximum Gasteiger partial charge on any atom is 0.175 e. The normalized spacial score (nSPS) is 15.5. The number of halogens is 2. The molecule has 1 heterocycles. The van der Waals surface area contributed by atoms with Crippen molar-refractivity contribution in [3.05, 3.63) is 34.0 Å². The summed E-state index contributed by atoms with van der Waals surface area (Å²) in [5.74, 6) is 1.80. The van der Waals surface area contributed by atoms with Crippen molar-refractivity contribution in [2.45, 2.75) is 25.7 Å². The Morgan fingerprint density at radius 1 is 1.21 bits per heavy atom. The number of benzene rings is 1. The molecule has 1 saturated carbocycles. The van der Waals surface area contributed by atoms with Crippen molar-refractivity contribution in [2.24, 2.45) is 5.92 Å². The van der Waals surface area contributed by atoms with Gasteiger partial charge in [-0.2, -0.15) is 0 Å². The van der Waals surface area contributed by atoms with Crippen molar-refractivity contribution in [1.29, 1.82) is 0 Å². The molecular formula is C14H14Cl2N2O. The van der Waals surface area contributed by atoms with Crippen LogP contribution in [0.1, 0.15) is 25.0 Å². The third-order valence-corrected chi connectivity index (χ3v) is 4.33. The molecule has 0 amide bonds. The first-order valence-corrected chi connectivity index (χ1v) is 7.11. The first kappa shape index (κ1) is 12.8. The van der Waals surface area contributed by atoms with E-state index in [1.807, 2.05) is 6.07 Å². The van der Waals surface area contributed by atoms with Crippen LogP contribution < -0.4 is 5.73 Å². The molecule has 0 bridgehead atoms. The summed E-state index contributed by atoms with van der Waals surface area (Å²) in [5, 5.41) is 5.01. The molecule has 3 rings (SSSR count). The molecule has 19 heavy (non-hydrogen) atoms. The maximum atomic E-state index is 6.24. The van der Waals surface area contributed by atoms with E-state index in [-0.39, 0.29) is 0 Å². The Hall–Kier alpha value is -1.19. The summed E-state index contributed by atoms with van der Waals surface area (Å²) in [7, 11) is 0. The lowest BCUT2D eigenvalue weighted by Gasteiger charge is -2.24. The van der Waals surface area contributed by atoms with Gasteiger partial charge in [-0.3, -0.25) is 0 Å². The van der Waals surface area contributed by atoms with Gasteiger partial charge in [-0.15, -0.1) is 0 Å². The highest BCUT2D eigenvalue weighted by molar-refractivity contribution is 6.39. The average molecular weight is 297 g/mol. The van der Waals surface area contributed by atoms with E-state index in [0.29, 0.717) is 21.8 Å². The summed E-state index contributed by atoms with van der Waals surface area (Å²) in [4.78, 5) is 0. The van der Waals surface area contributed by atoms with Gasteiger partial charge in [0, 0.05) is 12.0 Å². The molecule has 1 aliphatic rings. The Kier molecular flexibility index (Phi) is 3.42. The smallest absolute Gasteiger partial charge is 0.175 e. The number of rotatable bonds is 3. The lowest BCUT2D eigenvalue weighted by molar-refractivity contribution is 0.279. The highest BCUT2D eigenvalue weighted by atomic mass is 35.5. The zero-order valence-corrected chi connectivity index (χ0v) is 11.8. The van der Waals surface area contributed by atoms with E-state index in [1.54, 1.807) is 12.1 Å². The molecule has 0 aliphatic heterocycles. The van der Waals surface area contributed by atoms with Crippen LogP contribution in [-0.4, -0.2) is 5.16 Å². The lowest BCUT2D eigenvalue weighted by atomic mass is 9.81. The van der Waals surface area contributed by atoms with Gasteiger partial charge in [-0.25, -0.2) is 0 Å². The molecule has 0 radical (unpaired) electrons. The van der Waals surface area contributed by atoms with E-state index >= 15 is 0 Å². The first-order valence-electron chi connectivity index (χ1n) is 6.35. The number of nitrogens with zero attached hydrogens (tertiary/aromatic N) is 1. The number of aromatic nitrogens is 1. The van der Waals surface area contributed by atoms with Gasteiger partial charge in [-0.05, 0) is 18.1 Å². The Bertz CT molecular complexity index is 585. The summed E-state index contributed by atoms with van der Waals surface area (Å²) < 4.78 is 5.37. The minimum absolute atomic E-state index is 0.351. The van der Waals surface area contributed by atoms with E-state index in [2.05, 4.69) is 5.16 Å². The van der Waals surface area contributed by atoms with Crippen LogP contribution >= 0.6 is 23.2 Å². The number of nitrogens with two attached hydrogens (primary N) is 1. The number of hydrogen-bond acceptors (Lipinski definition) is 3. The van der Waals surface area contributed by atoms with E-state index in [9.17, 15) is 0 Å². The van der Waals surface area contributed by atoms with Crippen LogP contribution in [0.15, 0.2) is 22.7 Å². The van der Waals surface area contributed by atoms with Crippen LogP contribution in [0.3, 0.4) is 0 Å². The first-order chi connectivity index (χ1) is 9.16. The van der Waals surface area contributed by atoms with Crippen molar-refractivity contribution >= 4 is 29.0 Å². The van der Waals surface area contributed by atoms with Gasteiger partial charge in [0.15, 0.2) is 5.82 Å². The fraction of sp³-hybridized carbons (Fsp3) is 0.357. The Morgan fingerprint density at radius 2 is 1.89 bits per heavy atom. The highest BCUT2D eigenvalue weighted by Gasteiger charge is 2.25. The monoisotopic (exact) mass is 296 g/mol. The predicted molar refractivity (Wildman–Crippen MR) is 77.4 cm³/mol. The topological polar surface area (TPSA) is 52.0 Å². The Labute approximate surface area is 121 Å².